The van der Waals surface area contributed by atoms with E-state index in [2.05, 4.69) is 0 Å². The smallest absolute Gasteiger partial charge is 0.333 e. The van der Waals surface area contributed by atoms with Crippen LogP contribution >= 0.6 is 0 Å². The van der Waals surface area contributed by atoms with Gasteiger partial charge >= 0.3 is 6.99 Å². The van der Waals surface area contributed by atoms with E-state index in [4.69, 9.17) is 0 Å². The molecule has 0 aliphatic heterocycles. The molecule has 0 fully saturated rings. The monoisotopic (exact) mass is 78.0 g/mol. The molecule has 0 heterocycles. The lowest BCUT2D eigenvalue weighted by Gasteiger charge is -1.75. The van der Waals surface area contributed by atoms with Crippen LogP contribution in [0.15, 0.2) is 0 Å². The normalized spacial score (nSPS) is 7.80. The fourth-order valence-corrected chi connectivity index (χ4v) is 0. The maximum Gasteiger partial charge on any atom is 0.376 e. The molecule has 0 radical (unpaired) electrons. The zero-order valence-electron chi connectivity index (χ0n) is 3.04. The molecule has 0 unspecified atom stereocenters. The first-order chi connectivity index (χ1) is 2.27. The average molecular weight is 77.9 g/mol. The number of halogens is 2. The van der Waals surface area contributed by atoms with Gasteiger partial charge in [-0.2, -0.15) is 0 Å². The van der Waals surface area contributed by atoms with Gasteiger partial charge in [-0.25, -0.2) is 0 Å². The Kier molecular flexibility index (Phi) is 2.15. The Labute approximate surface area is 30.3 Å². The lowest BCUT2D eigenvalue weighted by atomic mass is 9.78. The molecule has 0 aromatic heterocycles. The lowest BCUT2D eigenvalue weighted by molar-refractivity contribution is 0.565. The molecule has 0 saturated carbocycles. The van der Waals surface area contributed by atoms with E-state index in [1.807, 2.05) is 0 Å². The standard InChI is InChI=1S/C2H5BF2/c1-3(5)2-4/h2H2,1H3. The molecular formula is C2H5BF2. The number of hydrogen-bond acceptors (Lipinski definition) is 0. The average Bonchev–Trinajstić information content (AvgIpc) is 1.38. The molecule has 0 nitrogen and oxygen atoms in total. The molecule has 0 atom stereocenters. The summed E-state index contributed by atoms with van der Waals surface area (Å²) >= 11 is 0. The van der Waals surface area contributed by atoms with E-state index < -0.39 is 13.6 Å². The second kappa shape index (κ2) is 2.18. The lowest BCUT2D eigenvalue weighted by Crippen LogP contribution is -1.98. The minimum atomic E-state index is -1.28. The van der Waals surface area contributed by atoms with E-state index in [-0.39, 0.29) is 0 Å². The number of hydrogen-bond donors (Lipinski definition) is 0. The van der Waals surface area contributed by atoms with Crippen LogP contribution in [0.3, 0.4) is 0 Å². The van der Waals surface area contributed by atoms with Gasteiger partial charge in [-0.3, -0.25) is 4.39 Å². The van der Waals surface area contributed by atoms with Gasteiger partial charge in [0.25, 0.3) is 0 Å². The van der Waals surface area contributed by atoms with E-state index in [0.29, 0.717) is 0 Å². The quantitative estimate of drug-likeness (QED) is 0.411. The van der Waals surface area contributed by atoms with E-state index in [9.17, 15) is 8.71 Å². The summed E-state index contributed by atoms with van der Waals surface area (Å²) in [5.74, 6) is 0. The van der Waals surface area contributed by atoms with Crippen LogP contribution in [0.2, 0.25) is 6.82 Å². The molecule has 0 saturated heterocycles. The Morgan fingerprint density at radius 1 is 1.80 bits per heavy atom. The number of rotatable bonds is 1. The molecule has 0 spiro atoms. The van der Waals surface area contributed by atoms with Crippen LogP contribution in [-0.4, -0.2) is 13.6 Å². The van der Waals surface area contributed by atoms with Crippen LogP contribution < -0.4 is 0 Å². The summed E-state index contributed by atoms with van der Waals surface area (Å²) in [6.45, 7) is -0.963. The van der Waals surface area contributed by atoms with Crippen molar-refractivity contribution in [1.82, 2.24) is 0 Å². The van der Waals surface area contributed by atoms with Gasteiger partial charge in [0.1, 0.15) is 6.57 Å². The topological polar surface area (TPSA) is 0 Å². The van der Waals surface area contributed by atoms with Crippen LogP contribution in [0, 0.1) is 0 Å². The van der Waals surface area contributed by atoms with Gasteiger partial charge in [0.05, 0.1) is 0 Å². The highest BCUT2D eigenvalue weighted by Gasteiger charge is 1.99. The third kappa shape index (κ3) is 3.92. The Balaban J connectivity index is 2.54. The minimum absolute atomic E-state index is 0.861. The fraction of sp³-hybridized carbons (Fsp3) is 1.00. The van der Waals surface area contributed by atoms with Crippen LogP contribution in [0.4, 0.5) is 8.71 Å². The van der Waals surface area contributed by atoms with Crippen molar-refractivity contribution in [3.63, 3.8) is 0 Å². The molecule has 0 aliphatic carbocycles. The van der Waals surface area contributed by atoms with E-state index in [0.717, 1.165) is 0 Å². The predicted molar refractivity (Wildman–Crippen MR) is 18.7 cm³/mol. The molecule has 0 aromatic carbocycles. The van der Waals surface area contributed by atoms with Crippen molar-refractivity contribution in [2.45, 2.75) is 6.82 Å². The Morgan fingerprint density at radius 3 is 2.00 bits per heavy atom. The van der Waals surface area contributed by atoms with Crippen LogP contribution in [0.25, 0.3) is 0 Å². The summed E-state index contributed by atoms with van der Waals surface area (Å²) < 4.78 is 21.8. The molecule has 0 aromatic rings. The highest BCUT2D eigenvalue weighted by Crippen LogP contribution is 1.79. The molecule has 0 amide bonds. The van der Waals surface area contributed by atoms with Gasteiger partial charge < -0.3 is 4.32 Å². The highest BCUT2D eigenvalue weighted by molar-refractivity contribution is 6.49. The van der Waals surface area contributed by atoms with E-state index >= 15 is 0 Å². The first-order valence-electron chi connectivity index (χ1n) is 1.47. The fourth-order valence-electron chi connectivity index (χ4n) is 0. The molecular weight excluding hydrogens is 72.8 g/mol. The van der Waals surface area contributed by atoms with Crippen molar-refractivity contribution in [3.8, 4) is 0 Å². The molecule has 0 bridgehead atoms. The van der Waals surface area contributed by atoms with Crippen LogP contribution in [-0.2, 0) is 0 Å². The predicted octanol–water partition coefficient (Wildman–Crippen LogP) is 1.09. The van der Waals surface area contributed by atoms with Crippen molar-refractivity contribution in [2.75, 3.05) is 6.57 Å². The maximum atomic E-state index is 11.1. The maximum absolute atomic E-state index is 11.1. The summed E-state index contributed by atoms with van der Waals surface area (Å²) in [6, 6.07) is 0. The zero-order valence-corrected chi connectivity index (χ0v) is 3.04. The molecule has 0 rings (SSSR count). The van der Waals surface area contributed by atoms with Crippen molar-refractivity contribution in [1.29, 1.82) is 0 Å². The van der Waals surface area contributed by atoms with Crippen molar-refractivity contribution in [2.24, 2.45) is 0 Å². The van der Waals surface area contributed by atoms with Gasteiger partial charge in [0, 0.05) is 0 Å². The summed E-state index contributed by atoms with van der Waals surface area (Å²) in [6.07, 6.45) is 0. The summed E-state index contributed by atoms with van der Waals surface area (Å²) in [5.41, 5.74) is 0. The van der Waals surface area contributed by atoms with Gasteiger partial charge in [-0.05, 0) is 0 Å². The molecule has 30 valence electrons. The second-order valence-electron chi connectivity index (χ2n) is 0.935. The summed E-state index contributed by atoms with van der Waals surface area (Å²) in [7, 11) is 0. The SMILES string of the molecule is CB(F)CF. The minimum Gasteiger partial charge on any atom is -0.333 e. The molecule has 0 aliphatic rings. The van der Waals surface area contributed by atoms with Gasteiger partial charge in [0.2, 0.25) is 0 Å². The van der Waals surface area contributed by atoms with Gasteiger partial charge in [-0.1, -0.05) is 6.82 Å². The molecule has 3 heteroatoms. The largest absolute Gasteiger partial charge is 0.376 e. The Bertz CT molecular complexity index is 21.6. The third-order valence-corrected chi connectivity index (χ3v) is 0.213. The van der Waals surface area contributed by atoms with Gasteiger partial charge in [-0.15, -0.1) is 0 Å². The van der Waals surface area contributed by atoms with Crippen molar-refractivity contribution < 1.29 is 8.71 Å². The first kappa shape index (κ1) is 4.92. The van der Waals surface area contributed by atoms with Gasteiger partial charge in [0.15, 0.2) is 0 Å². The third-order valence-electron chi connectivity index (χ3n) is 0.213. The molecule has 5 heavy (non-hydrogen) atoms. The van der Waals surface area contributed by atoms with E-state index in [1.165, 1.54) is 6.82 Å². The first-order valence-corrected chi connectivity index (χ1v) is 1.47. The number of alkyl halides is 1. The summed E-state index contributed by atoms with van der Waals surface area (Å²) in [5, 5.41) is 0. The Morgan fingerprint density at radius 2 is 2.00 bits per heavy atom. The highest BCUT2D eigenvalue weighted by atomic mass is 19.2. The zero-order chi connectivity index (χ0) is 4.28. The summed E-state index contributed by atoms with van der Waals surface area (Å²) in [4.78, 5) is 0. The van der Waals surface area contributed by atoms with Crippen molar-refractivity contribution in [3.05, 3.63) is 0 Å². The van der Waals surface area contributed by atoms with E-state index in [1.54, 1.807) is 0 Å². The van der Waals surface area contributed by atoms with Crippen LogP contribution in [0.5, 0.6) is 0 Å². The van der Waals surface area contributed by atoms with Crippen LogP contribution in [0.1, 0.15) is 0 Å². The van der Waals surface area contributed by atoms with Crippen molar-refractivity contribution >= 4 is 6.99 Å². The second-order valence-corrected chi connectivity index (χ2v) is 0.935. The Hall–Kier alpha value is -0.0751. The molecule has 0 N–H and O–H groups in total.